The predicted octanol–water partition coefficient (Wildman–Crippen LogP) is 2.34. The number of benzene rings is 2. The first-order valence-corrected chi connectivity index (χ1v) is 8.13. The summed E-state index contributed by atoms with van der Waals surface area (Å²) in [6, 6.07) is 15.0. The highest BCUT2D eigenvalue weighted by molar-refractivity contribution is 7.92. The Morgan fingerprint density at radius 3 is 2.18 bits per heavy atom. The van der Waals surface area contributed by atoms with Crippen LogP contribution in [0.1, 0.15) is 0 Å². The van der Waals surface area contributed by atoms with Gasteiger partial charge in [0.05, 0.1) is 10.6 Å². The van der Waals surface area contributed by atoms with Crippen molar-refractivity contribution in [2.45, 2.75) is 4.90 Å². The number of nitrogens with zero attached hydrogens (tertiary/aromatic N) is 1. The molecule has 1 aromatic heterocycles. The van der Waals surface area contributed by atoms with Crippen molar-refractivity contribution in [1.29, 1.82) is 0 Å². The molecule has 3 rings (SSSR count). The SMILES string of the molecule is Cn1cc(NS(=O)(=O)c2ccccc2)c2ccccc2c1=O. The van der Waals surface area contributed by atoms with E-state index in [0.717, 1.165) is 0 Å². The Balaban J connectivity index is 2.16. The van der Waals surface area contributed by atoms with Crippen LogP contribution in [0.25, 0.3) is 10.8 Å². The average Bonchev–Trinajstić information content (AvgIpc) is 2.53. The maximum absolute atomic E-state index is 12.4. The Labute approximate surface area is 127 Å². The molecule has 0 fully saturated rings. The number of aromatic nitrogens is 1. The van der Waals surface area contributed by atoms with Crippen LogP contribution in [0.4, 0.5) is 5.69 Å². The molecule has 5 nitrogen and oxygen atoms in total. The minimum atomic E-state index is -3.70. The van der Waals surface area contributed by atoms with Crippen molar-refractivity contribution >= 4 is 26.5 Å². The van der Waals surface area contributed by atoms with Crippen molar-refractivity contribution < 1.29 is 8.42 Å². The number of rotatable bonds is 3. The lowest BCUT2D eigenvalue weighted by Crippen LogP contribution is -2.20. The predicted molar refractivity (Wildman–Crippen MR) is 86.4 cm³/mol. The summed E-state index contributed by atoms with van der Waals surface area (Å²) in [4.78, 5) is 12.3. The van der Waals surface area contributed by atoms with Crippen LogP contribution in [0.2, 0.25) is 0 Å². The van der Waals surface area contributed by atoms with E-state index in [-0.39, 0.29) is 10.5 Å². The molecule has 2 aromatic carbocycles. The van der Waals surface area contributed by atoms with Gasteiger partial charge in [-0.15, -0.1) is 0 Å². The zero-order chi connectivity index (χ0) is 15.7. The summed E-state index contributed by atoms with van der Waals surface area (Å²) in [5.41, 5.74) is 0.208. The maximum atomic E-state index is 12.4. The van der Waals surface area contributed by atoms with Crippen molar-refractivity contribution in [2.75, 3.05) is 4.72 Å². The van der Waals surface area contributed by atoms with Gasteiger partial charge < -0.3 is 4.57 Å². The molecule has 0 saturated heterocycles. The number of fused-ring (bicyclic) bond motifs is 1. The number of hydrogen-bond donors (Lipinski definition) is 1. The summed E-state index contributed by atoms with van der Waals surface area (Å²) in [6.45, 7) is 0. The Morgan fingerprint density at radius 1 is 0.909 bits per heavy atom. The van der Waals surface area contributed by atoms with Gasteiger partial charge >= 0.3 is 0 Å². The Bertz CT molecular complexity index is 993. The summed E-state index contributed by atoms with van der Waals surface area (Å²) in [7, 11) is -2.11. The summed E-state index contributed by atoms with van der Waals surface area (Å²) in [6.07, 6.45) is 1.49. The van der Waals surface area contributed by atoms with Crippen LogP contribution in [0.15, 0.2) is 70.5 Å². The molecule has 0 aliphatic carbocycles. The largest absolute Gasteiger partial charge is 0.316 e. The van der Waals surface area contributed by atoms with Crippen LogP contribution in [-0.4, -0.2) is 13.0 Å². The minimum Gasteiger partial charge on any atom is -0.316 e. The first kappa shape index (κ1) is 14.3. The van der Waals surface area contributed by atoms with E-state index in [1.54, 1.807) is 49.5 Å². The van der Waals surface area contributed by atoms with Gasteiger partial charge in [0.15, 0.2) is 0 Å². The number of anilines is 1. The number of aryl methyl sites for hydroxylation is 1. The van der Waals surface area contributed by atoms with Gasteiger partial charge in [-0.05, 0) is 18.2 Å². The number of nitrogens with one attached hydrogen (secondary N) is 1. The van der Waals surface area contributed by atoms with Crippen LogP contribution >= 0.6 is 0 Å². The normalized spacial score (nSPS) is 11.5. The zero-order valence-corrected chi connectivity index (χ0v) is 12.7. The lowest BCUT2D eigenvalue weighted by atomic mass is 10.1. The topological polar surface area (TPSA) is 68.2 Å². The van der Waals surface area contributed by atoms with Crippen molar-refractivity contribution in [3.8, 4) is 0 Å². The van der Waals surface area contributed by atoms with E-state index in [1.807, 2.05) is 0 Å². The molecule has 0 radical (unpaired) electrons. The van der Waals surface area contributed by atoms with Gasteiger partial charge in [0.25, 0.3) is 15.6 Å². The van der Waals surface area contributed by atoms with E-state index in [0.29, 0.717) is 16.5 Å². The number of sulfonamides is 1. The molecule has 0 spiro atoms. The lowest BCUT2D eigenvalue weighted by molar-refractivity contribution is 0.601. The van der Waals surface area contributed by atoms with E-state index < -0.39 is 10.0 Å². The van der Waals surface area contributed by atoms with Crippen LogP contribution in [0.3, 0.4) is 0 Å². The molecule has 1 heterocycles. The van der Waals surface area contributed by atoms with Crippen molar-refractivity contribution in [2.24, 2.45) is 7.05 Å². The van der Waals surface area contributed by atoms with Gasteiger partial charge in [-0.2, -0.15) is 0 Å². The third kappa shape index (κ3) is 2.48. The van der Waals surface area contributed by atoms with Gasteiger partial charge in [0, 0.05) is 24.0 Å². The van der Waals surface area contributed by atoms with E-state index in [4.69, 9.17) is 0 Å². The van der Waals surface area contributed by atoms with Crippen LogP contribution in [-0.2, 0) is 17.1 Å². The molecule has 0 unspecified atom stereocenters. The van der Waals surface area contributed by atoms with Gasteiger partial charge in [-0.1, -0.05) is 36.4 Å². The van der Waals surface area contributed by atoms with Crippen LogP contribution in [0, 0.1) is 0 Å². The molecule has 0 aliphatic heterocycles. The minimum absolute atomic E-state index is 0.168. The van der Waals surface area contributed by atoms with Crippen LogP contribution < -0.4 is 10.3 Å². The molecule has 0 bridgehead atoms. The molecule has 0 saturated carbocycles. The van der Waals surface area contributed by atoms with Gasteiger partial charge in [0.2, 0.25) is 0 Å². The summed E-state index contributed by atoms with van der Waals surface area (Å²) < 4.78 is 28.8. The van der Waals surface area contributed by atoms with Crippen LogP contribution in [0.5, 0.6) is 0 Å². The molecule has 0 aliphatic rings. The van der Waals surface area contributed by atoms with E-state index in [1.165, 1.54) is 22.9 Å². The fourth-order valence-corrected chi connectivity index (χ4v) is 3.39. The van der Waals surface area contributed by atoms with Gasteiger partial charge in [0.1, 0.15) is 0 Å². The van der Waals surface area contributed by atoms with Crippen molar-refractivity contribution in [3.63, 3.8) is 0 Å². The molecule has 6 heteroatoms. The fourth-order valence-electron chi connectivity index (χ4n) is 2.30. The highest BCUT2D eigenvalue weighted by atomic mass is 32.2. The van der Waals surface area contributed by atoms with Gasteiger partial charge in [-0.25, -0.2) is 8.42 Å². The fraction of sp³-hybridized carbons (Fsp3) is 0.0625. The maximum Gasteiger partial charge on any atom is 0.261 e. The molecule has 3 aromatic rings. The first-order valence-electron chi connectivity index (χ1n) is 6.65. The summed E-state index contributed by atoms with van der Waals surface area (Å²) in [5.74, 6) is 0. The zero-order valence-electron chi connectivity index (χ0n) is 11.9. The molecular formula is C16H14N2O3S. The highest BCUT2D eigenvalue weighted by Gasteiger charge is 2.16. The Hall–Kier alpha value is -2.60. The Kier molecular flexibility index (Phi) is 3.46. The molecule has 0 amide bonds. The lowest BCUT2D eigenvalue weighted by Gasteiger charge is -2.12. The quantitative estimate of drug-likeness (QED) is 0.807. The molecule has 112 valence electrons. The third-order valence-corrected chi connectivity index (χ3v) is 4.77. The second-order valence-electron chi connectivity index (χ2n) is 4.92. The van der Waals surface area contributed by atoms with E-state index in [2.05, 4.69) is 4.72 Å². The summed E-state index contributed by atoms with van der Waals surface area (Å²) in [5, 5.41) is 1.04. The van der Waals surface area contributed by atoms with E-state index in [9.17, 15) is 13.2 Å². The third-order valence-electron chi connectivity index (χ3n) is 3.39. The van der Waals surface area contributed by atoms with Gasteiger partial charge in [-0.3, -0.25) is 9.52 Å². The standard InChI is InChI=1S/C16H14N2O3S/c1-18-11-15(13-9-5-6-10-14(13)16(18)19)17-22(20,21)12-7-3-2-4-8-12/h2-11,17H,1H3. The average molecular weight is 314 g/mol. The summed E-state index contributed by atoms with van der Waals surface area (Å²) >= 11 is 0. The highest BCUT2D eigenvalue weighted by Crippen LogP contribution is 2.23. The molecular weight excluding hydrogens is 300 g/mol. The first-order chi connectivity index (χ1) is 10.5. The number of pyridine rings is 1. The van der Waals surface area contributed by atoms with E-state index >= 15 is 0 Å². The molecule has 22 heavy (non-hydrogen) atoms. The second-order valence-corrected chi connectivity index (χ2v) is 6.61. The van der Waals surface area contributed by atoms with Crippen molar-refractivity contribution in [3.05, 3.63) is 71.1 Å². The molecule has 0 atom stereocenters. The second kappa shape index (κ2) is 5.31. The number of hydrogen-bond acceptors (Lipinski definition) is 3. The monoisotopic (exact) mass is 314 g/mol. The Morgan fingerprint density at radius 2 is 1.50 bits per heavy atom. The molecule has 1 N–H and O–H groups in total. The smallest absolute Gasteiger partial charge is 0.261 e. The van der Waals surface area contributed by atoms with Crippen molar-refractivity contribution in [1.82, 2.24) is 4.57 Å².